The van der Waals surface area contributed by atoms with Gasteiger partial charge in [-0.05, 0) is 42.8 Å². The van der Waals surface area contributed by atoms with Crippen LogP contribution >= 0.6 is 11.3 Å². The Balaban J connectivity index is 1.63. The summed E-state index contributed by atoms with van der Waals surface area (Å²) in [7, 11) is -0.529. The van der Waals surface area contributed by atoms with Gasteiger partial charge in [-0.3, -0.25) is 24.5 Å². The number of fused-ring (bicyclic) bond motifs is 1. The topological polar surface area (TPSA) is 229 Å². The molecule has 2 heterocycles. The fourth-order valence-corrected chi connectivity index (χ4v) is 7.31. The predicted molar refractivity (Wildman–Crippen MR) is 208 cm³/mol. The van der Waals surface area contributed by atoms with Gasteiger partial charge in [-0.1, -0.05) is 51.2 Å². The highest BCUT2D eigenvalue weighted by Gasteiger charge is 2.37. The first kappa shape index (κ1) is 41.4. The monoisotopic (exact) mass is 781 g/mol. The molecule has 3 amide bonds. The molecule has 54 heavy (non-hydrogen) atoms. The minimum absolute atomic E-state index is 0.0355. The Hall–Kier alpha value is -5.33. The first-order chi connectivity index (χ1) is 25.4. The van der Waals surface area contributed by atoms with Crippen LogP contribution in [-0.4, -0.2) is 67.4 Å². The third-order valence-corrected chi connectivity index (χ3v) is 14.6. The fraction of sp³-hybridized carbons (Fsp3) is 0.417. The Morgan fingerprint density at radius 2 is 1.76 bits per heavy atom. The second-order valence-electron chi connectivity index (χ2n) is 13.8. The van der Waals surface area contributed by atoms with Crippen molar-refractivity contribution in [2.45, 2.75) is 72.1 Å². The molecule has 16 nitrogen and oxygen atoms in total. The number of ether oxygens (including phenoxy) is 2. The number of allylic oxidation sites excluding steroid dienone is 1. The molecule has 18 heteroatoms. The summed E-state index contributed by atoms with van der Waals surface area (Å²) in [5.41, 5.74) is 11.9. The smallest absolute Gasteiger partial charge is 0.317 e. The molecular formula is C36H47N7O9SSi. The number of oxazole rings is 1. The Morgan fingerprint density at radius 3 is 2.37 bits per heavy atom. The molecule has 0 bridgehead atoms. The number of nitrogens with two attached hydrogens (primary N) is 2. The highest BCUT2D eigenvalue weighted by atomic mass is 32.1. The average molecular weight is 782 g/mol. The van der Waals surface area contributed by atoms with E-state index < -0.39 is 31.0 Å². The number of amides is 3. The van der Waals surface area contributed by atoms with Crippen molar-refractivity contribution < 1.29 is 37.6 Å². The number of aryl methyl sites for hydroxylation is 2. The number of thiazole rings is 1. The Bertz CT molecular complexity index is 2160. The number of primary amides is 2. The van der Waals surface area contributed by atoms with E-state index in [2.05, 4.69) is 49.2 Å². The number of hydrogen-bond acceptors (Lipinski definition) is 12. The van der Waals surface area contributed by atoms with Crippen molar-refractivity contribution in [3.05, 3.63) is 79.8 Å². The number of nitrogens with zero attached hydrogens (tertiary/aromatic N) is 4. The maximum Gasteiger partial charge on any atom is 0.317 e. The van der Waals surface area contributed by atoms with Crippen molar-refractivity contribution in [3.8, 4) is 11.5 Å². The molecule has 0 unspecified atom stereocenters. The molecule has 0 fully saturated rings. The molecule has 290 valence electrons. The van der Waals surface area contributed by atoms with Gasteiger partial charge >= 0.3 is 5.91 Å². The van der Waals surface area contributed by atoms with Crippen molar-refractivity contribution in [1.82, 2.24) is 9.55 Å². The van der Waals surface area contributed by atoms with Gasteiger partial charge in [-0.25, -0.2) is 4.98 Å². The Kier molecular flexibility index (Phi) is 13.2. The van der Waals surface area contributed by atoms with Crippen molar-refractivity contribution in [3.63, 3.8) is 0 Å². The summed E-state index contributed by atoms with van der Waals surface area (Å²) in [6, 6.07) is 5.59. The third kappa shape index (κ3) is 9.60. The van der Waals surface area contributed by atoms with E-state index in [1.54, 1.807) is 29.7 Å². The lowest BCUT2D eigenvalue weighted by molar-refractivity contribution is -0.384. The van der Waals surface area contributed by atoms with Gasteiger partial charge in [0, 0.05) is 50.2 Å². The molecule has 0 spiro atoms. The zero-order valence-electron chi connectivity index (χ0n) is 31.7. The number of carbonyl (C=O) groups excluding carboxylic acids is 3. The molecule has 0 saturated heterocycles. The first-order valence-corrected chi connectivity index (χ1v) is 20.9. The number of nitro benzene ring substituents is 1. The number of aromatic nitrogens is 2. The lowest BCUT2D eigenvalue weighted by Crippen LogP contribution is -2.41. The van der Waals surface area contributed by atoms with Crippen molar-refractivity contribution >= 4 is 59.0 Å². The summed E-state index contributed by atoms with van der Waals surface area (Å²) in [5.74, 6) is -1.30. The van der Waals surface area contributed by atoms with Gasteiger partial charge in [0.2, 0.25) is 17.6 Å². The number of carbonyl (C=O) groups is 3. The first-order valence-electron chi connectivity index (χ1n) is 17.2. The lowest BCUT2D eigenvalue weighted by Gasteiger charge is -2.36. The summed E-state index contributed by atoms with van der Waals surface area (Å²) in [4.78, 5) is 57.9. The van der Waals surface area contributed by atoms with Crippen LogP contribution in [0.3, 0.4) is 0 Å². The highest BCUT2D eigenvalue weighted by molar-refractivity contribution is 7.16. The van der Waals surface area contributed by atoms with Crippen LogP contribution in [-0.2, 0) is 17.4 Å². The summed E-state index contributed by atoms with van der Waals surface area (Å²) in [6.45, 7) is 15.1. The molecule has 2 aromatic carbocycles. The van der Waals surface area contributed by atoms with Crippen LogP contribution in [0, 0.1) is 17.0 Å². The summed E-state index contributed by atoms with van der Waals surface area (Å²) in [6.07, 6.45) is 4.47. The Labute approximate surface area is 317 Å². The molecule has 0 atom stereocenters. The largest absolute Gasteiger partial charge is 0.494 e. The minimum Gasteiger partial charge on any atom is -0.494 e. The van der Waals surface area contributed by atoms with Crippen molar-refractivity contribution in [2.75, 3.05) is 32.2 Å². The molecular weight excluding hydrogens is 735 g/mol. The van der Waals surface area contributed by atoms with E-state index in [1.807, 2.05) is 6.92 Å². The van der Waals surface area contributed by atoms with Gasteiger partial charge in [-0.2, -0.15) is 4.99 Å². The normalized spacial score (nSPS) is 12.4. The van der Waals surface area contributed by atoms with E-state index in [0.29, 0.717) is 47.0 Å². The van der Waals surface area contributed by atoms with Gasteiger partial charge in [0.1, 0.15) is 17.0 Å². The van der Waals surface area contributed by atoms with E-state index in [4.69, 9.17) is 29.8 Å². The van der Waals surface area contributed by atoms with Gasteiger partial charge in [0.25, 0.3) is 5.69 Å². The number of methoxy groups -OCH3 is 1. The maximum absolute atomic E-state index is 13.3. The maximum atomic E-state index is 13.3. The van der Waals surface area contributed by atoms with Gasteiger partial charge < -0.3 is 39.7 Å². The number of rotatable bonds is 17. The molecule has 0 radical (unpaired) electrons. The van der Waals surface area contributed by atoms with Gasteiger partial charge in [0.15, 0.2) is 24.7 Å². The standard InChI is InChI=1S/C36H47N7O9SSi/c1-9-24-31(52-21(2)40-24)34(46)41-35-42(30-27(49-6)19-23(33(38)45)20-28(30)53-35)14-11-10-13-39-29-25(43(47)48)17-22(32(37)44)18-26(29)50-15-12-16-51-54(7,8)36(3,4)5/h10-11,17-20,39H,9,12-16H2,1-8H3,(H2,37,44)(H2,38,45)/b11-10-,41-35?. The van der Waals surface area contributed by atoms with Crippen molar-refractivity contribution in [1.29, 1.82) is 0 Å². The molecule has 4 rings (SSSR count). The van der Waals surface area contributed by atoms with E-state index >= 15 is 0 Å². The van der Waals surface area contributed by atoms with Crippen LogP contribution in [0.4, 0.5) is 11.4 Å². The fourth-order valence-electron chi connectivity index (χ4n) is 5.13. The van der Waals surface area contributed by atoms with Crippen LogP contribution in [0.5, 0.6) is 11.5 Å². The van der Waals surface area contributed by atoms with Crippen LogP contribution in [0.1, 0.15) is 77.0 Å². The van der Waals surface area contributed by atoms with E-state index in [1.165, 1.54) is 19.2 Å². The molecule has 0 aliphatic heterocycles. The molecule has 5 N–H and O–H groups in total. The van der Waals surface area contributed by atoms with E-state index in [-0.39, 0.29) is 63.5 Å². The van der Waals surface area contributed by atoms with Crippen molar-refractivity contribution in [2.24, 2.45) is 16.5 Å². The zero-order chi connectivity index (χ0) is 40.0. The van der Waals surface area contributed by atoms with Crippen LogP contribution < -0.4 is 31.1 Å². The minimum atomic E-state index is -1.98. The summed E-state index contributed by atoms with van der Waals surface area (Å²) < 4.78 is 25.7. The summed E-state index contributed by atoms with van der Waals surface area (Å²) >= 11 is 1.15. The third-order valence-electron chi connectivity index (χ3n) is 9.01. The quantitative estimate of drug-likeness (QED) is 0.0377. The lowest BCUT2D eigenvalue weighted by atomic mass is 10.1. The molecule has 0 saturated carbocycles. The summed E-state index contributed by atoms with van der Waals surface area (Å²) in [5, 5.41) is 15.2. The number of nitrogens with one attached hydrogen (secondary N) is 1. The molecule has 0 aliphatic rings. The second-order valence-corrected chi connectivity index (χ2v) is 19.6. The van der Waals surface area contributed by atoms with Crippen LogP contribution in [0.15, 0.2) is 45.8 Å². The number of hydrogen-bond donors (Lipinski definition) is 3. The molecule has 0 aliphatic carbocycles. The number of benzene rings is 2. The second kappa shape index (κ2) is 17.2. The van der Waals surface area contributed by atoms with Crippen LogP contribution in [0.25, 0.3) is 10.2 Å². The van der Waals surface area contributed by atoms with E-state index in [9.17, 15) is 24.5 Å². The van der Waals surface area contributed by atoms with E-state index in [0.717, 1.165) is 17.4 Å². The molecule has 4 aromatic rings. The highest BCUT2D eigenvalue weighted by Crippen LogP contribution is 2.38. The number of nitro groups is 1. The van der Waals surface area contributed by atoms with Crippen LogP contribution in [0.2, 0.25) is 18.1 Å². The molecule has 2 aromatic heterocycles. The Morgan fingerprint density at radius 1 is 1.09 bits per heavy atom. The van der Waals surface area contributed by atoms with Gasteiger partial charge in [-0.15, -0.1) is 0 Å². The van der Waals surface area contributed by atoms with Gasteiger partial charge in [0.05, 0.1) is 29.0 Å². The number of anilines is 1. The zero-order valence-corrected chi connectivity index (χ0v) is 33.5. The SMILES string of the molecule is CCc1nc(C)oc1C(=O)N=c1sc2cc(C(N)=O)cc(OC)c2n1C/C=C\CNc1c(OCCCO[Si](C)(C)C(C)(C)C)cc(C(N)=O)cc1[N+](=O)[O-]. The average Bonchev–Trinajstić information content (AvgIpc) is 3.65. The predicted octanol–water partition coefficient (Wildman–Crippen LogP) is 5.88.